The van der Waals surface area contributed by atoms with E-state index in [0.717, 1.165) is 20.3 Å². The molecule has 0 aliphatic carbocycles. The zero-order chi connectivity index (χ0) is 28.8. The summed E-state index contributed by atoms with van der Waals surface area (Å²) in [5.41, 5.74) is 3.46. The normalized spacial score (nSPS) is 11.5. The number of aryl methyl sites for hydroxylation is 1. The van der Waals surface area contributed by atoms with Crippen molar-refractivity contribution >= 4 is 22.6 Å². The molecule has 0 aliphatic rings. The van der Waals surface area contributed by atoms with Crippen molar-refractivity contribution in [1.29, 1.82) is 0 Å². The van der Waals surface area contributed by atoms with Crippen molar-refractivity contribution in [2.24, 2.45) is 0 Å². The molecule has 0 N–H and O–H groups in total. The van der Waals surface area contributed by atoms with Gasteiger partial charge < -0.3 is 0 Å². The molecule has 0 radical (unpaired) electrons. The molecule has 200 valence electrons. The summed E-state index contributed by atoms with van der Waals surface area (Å²) in [6.07, 6.45) is 5.16. The van der Waals surface area contributed by atoms with Crippen molar-refractivity contribution in [3.8, 4) is 12.3 Å². The van der Waals surface area contributed by atoms with Gasteiger partial charge in [0.15, 0.2) is 0 Å². The number of hydrogen-bond acceptors (Lipinski definition) is 0. The molecular weight excluding hydrogens is 580 g/mol. The minimum absolute atomic E-state index is 0.0949. The minimum atomic E-state index is -0.219. The van der Waals surface area contributed by atoms with Crippen LogP contribution in [0.25, 0.3) is 0 Å². The number of hydrogen-bond donors (Lipinski definition) is 0. The monoisotopic (exact) mass is 620 g/mol. The third-order valence-electron chi connectivity index (χ3n) is 5.62. The number of benzene rings is 3. The van der Waals surface area contributed by atoms with Gasteiger partial charge in [0, 0.05) is 9.13 Å². The lowest BCUT2D eigenvalue weighted by Crippen LogP contribution is -2.13. The van der Waals surface area contributed by atoms with Gasteiger partial charge in [-0.15, -0.1) is 6.42 Å². The van der Waals surface area contributed by atoms with Crippen molar-refractivity contribution in [1.82, 2.24) is 0 Å². The molecule has 0 amide bonds. The SMILES string of the molecule is C#Cc1ccc(C(C)(C)C)c(F)c1.CC(C)(C)c1ccc(I)cc1F.Cc1ccc(C(C)(C)C)c(F)c1. The predicted molar refractivity (Wildman–Crippen MR) is 161 cm³/mol. The van der Waals surface area contributed by atoms with Gasteiger partial charge in [-0.05, 0) is 98.3 Å². The first-order valence-electron chi connectivity index (χ1n) is 12.3. The smallest absolute Gasteiger partial charge is 0.128 e. The van der Waals surface area contributed by atoms with Crippen LogP contribution in [0.3, 0.4) is 0 Å². The van der Waals surface area contributed by atoms with E-state index in [1.807, 2.05) is 93.5 Å². The molecule has 0 saturated heterocycles. The van der Waals surface area contributed by atoms with Crippen LogP contribution in [-0.4, -0.2) is 0 Å². The highest BCUT2D eigenvalue weighted by Crippen LogP contribution is 2.27. The summed E-state index contributed by atoms with van der Waals surface area (Å²) >= 11 is 2.11. The van der Waals surface area contributed by atoms with Crippen LogP contribution in [0.4, 0.5) is 13.2 Å². The summed E-state index contributed by atoms with van der Waals surface area (Å²) in [7, 11) is 0. The Labute approximate surface area is 236 Å². The van der Waals surface area contributed by atoms with Crippen LogP contribution >= 0.6 is 22.6 Å². The van der Waals surface area contributed by atoms with Crippen LogP contribution in [-0.2, 0) is 16.2 Å². The standard InChI is InChI=1S/C12H13F.C11H15F.C10H12FI/c1-5-9-6-7-10(11(13)8-9)12(2,3)4;1-8-5-6-9(10(12)7-8)11(2,3)4;1-10(2,3)8-5-4-7(12)6-9(8)11/h1,6-8H,2-4H3;5-7H,1-4H3;4-6H,1-3H3. The fourth-order valence-electron chi connectivity index (χ4n) is 3.54. The molecule has 0 nitrogen and oxygen atoms in total. The molecule has 0 aliphatic heterocycles. The molecule has 0 spiro atoms. The Kier molecular flexibility index (Phi) is 11.5. The van der Waals surface area contributed by atoms with Gasteiger partial charge in [0.1, 0.15) is 17.5 Å². The molecule has 3 rings (SSSR count). The fourth-order valence-corrected chi connectivity index (χ4v) is 3.99. The second kappa shape index (κ2) is 13.0. The van der Waals surface area contributed by atoms with Gasteiger partial charge >= 0.3 is 0 Å². The van der Waals surface area contributed by atoms with Crippen molar-refractivity contribution in [2.45, 2.75) is 85.5 Å². The van der Waals surface area contributed by atoms with E-state index in [0.29, 0.717) is 11.1 Å². The average molecular weight is 621 g/mol. The summed E-state index contributed by atoms with van der Waals surface area (Å²) < 4.78 is 41.1. The molecule has 0 fully saturated rings. The Morgan fingerprint density at radius 2 is 0.973 bits per heavy atom. The molecule has 3 aromatic carbocycles. The second-order valence-electron chi connectivity index (χ2n) is 12.2. The van der Waals surface area contributed by atoms with Crippen LogP contribution < -0.4 is 0 Å². The van der Waals surface area contributed by atoms with Crippen molar-refractivity contribution in [2.75, 3.05) is 0 Å². The molecule has 0 bridgehead atoms. The number of rotatable bonds is 0. The van der Waals surface area contributed by atoms with E-state index in [2.05, 4.69) is 28.5 Å². The largest absolute Gasteiger partial charge is 0.207 e. The van der Waals surface area contributed by atoms with E-state index in [9.17, 15) is 13.2 Å². The Hall–Kier alpha value is -2.26. The van der Waals surface area contributed by atoms with E-state index >= 15 is 0 Å². The Bertz CT molecular complexity index is 1170. The lowest BCUT2D eigenvalue weighted by Gasteiger charge is -2.19. The average Bonchev–Trinajstić information content (AvgIpc) is 2.71. The number of terminal acetylenes is 1. The maximum Gasteiger partial charge on any atom is 0.128 e. The Morgan fingerprint density at radius 1 is 0.595 bits per heavy atom. The van der Waals surface area contributed by atoms with E-state index in [-0.39, 0.29) is 33.7 Å². The third-order valence-corrected chi connectivity index (χ3v) is 6.29. The zero-order valence-corrected chi connectivity index (χ0v) is 25.9. The fraction of sp³-hybridized carbons (Fsp3) is 0.394. The van der Waals surface area contributed by atoms with Gasteiger partial charge in [0.25, 0.3) is 0 Å². The summed E-state index contributed by atoms with van der Waals surface area (Å²) in [5, 5.41) is 0. The van der Waals surface area contributed by atoms with Crippen molar-refractivity contribution in [3.05, 3.63) is 103 Å². The Balaban J connectivity index is 0.000000278. The first-order valence-corrected chi connectivity index (χ1v) is 13.3. The van der Waals surface area contributed by atoms with E-state index in [1.165, 1.54) is 6.07 Å². The van der Waals surface area contributed by atoms with Gasteiger partial charge in [-0.25, -0.2) is 13.2 Å². The lowest BCUT2D eigenvalue weighted by molar-refractivity contribution is 0.521. The van der Waals surface area contributed by atoms with Crippen LogP contribution in [0.1, 0.15) is 90.1 Å². The van der Waals surface area contributed by atoms with E-state index in [4.69, 9.17) is 6.42 Å². The summed E-state index contributed by atoms with van der Waals surface area (Å²) in [5.74, 6) is 1.99. The topological polar surface area (TPSA) is 0 Å². The van der Waals surface area contributed by atoms with Crippen LogP contribution in [0.2, 0.25) is 0 Å². The molecule has 37 heavy (non-hydrogen) atoms. The zero-order valence-electron chi connectivity index (χ0n) is 23.8. The quantitative estimate of drug-likeness (QED) is 0.173. The van der Waals surface area contributed by atoms with Crippen LogP contribution in [0.5, 0.6) is 0 Å². The number of halogens is 4. The van der Waals surface area contributed by atoms with Crippen LogP contribution in [0, 0.1) is 40.3 Å². The lowest BCUT2D eigenvalue weighted by atomic mass is 9.86. The highest BCUT2D eigenvalue weighted by Gasteiger charge is 2.19. The van der Waals surface area contributed by atoms with Crippen molar-refractivity contribution in [3.63, 3.8) is 0 Å². The van der Waals surface area contributed by atoms with Gasteiger partial charge in [0.2, 0.25) is 0 Å². The highest BCUT2D eigenvalue weighted by atomic mass is 127. The summed E-state index contributed by atoms with van der Waals surface area (Å²) in [6, 6.07) is 15.7. The second-order valence-corrected chi connectivity index (χ2v) is 13.4. The van der Waals surface area contributed by atoms with Gasteiger partial charge in [0.05, 0.1) is 0 Å². The van der Waals surface area contributed by atoms with E-state index in [1.54, 1.807) is 24.3 Å². The van der Waals surface area contributed by atoms with Crippen LogP contribution in [0.15, 0.2) is 54.6 Å². The first kappa shape index (κ1) is 32.8. The van der Waals surface area contributed by atoms with Gasteiger partial charge in [-0.2, -0.15) is 0 Å². The highest BCUT2D eigenvalue weighted by molar-refractivity contribution is 14.1. The van der Waals surface area contributed by atoms with E-state index < -0.39 is 0 Å². The maximum absolute atomic E-state index is 13.4. The van der Waals surface area contributed by atoms with Gasteiger partial charge in [-0.1, -0.05) is 92.5 Å². The third kappa shape index (κ3) is 10.6. The summed E-state index contributed by atoms with van der Waals surface area (Å²) in [6.45, 7) is 19.9. The molecule has 3 aromatic rings. The molecule has 4 heteroatoms. The molecule has 0 atom stereocenters. The molecular formula is C33H40F3I. The minimum Gasteiger partial charge on any atom is -0.207 e. The van der Waals surface area contributed by atoms with Gasteiger partial charge in [-0.3, -0.25) is 0 Å². The Morgan fingerprint density at radius 3 is 1.32 bits per heavy atom. The predicted octanol–water partition coefficient (Wildman–Crippen LogP) is 10.3. The molecule has 0 unspecified atom stereocenters. The molecule has 0 heterocycles. The van der Waals surface area contributed by atoms with Crippen molar-refractivity contribution < 1.29 is 13.2 Å². The molecule has 0 saturated carbocycles. The molecule has 0 aromatic heterocycles. The summed E-state index contributed by atoms with van der Waals surface area (Å²) in [4.78, 5) is 0. The maximum atomic E-state index is 13.4. The first-order chi connectivity index (χ1) is 16.8.